The smallest absolute Gasteiger partial charge is 0.180 e. The maximum atomic E-state index is 5.83. The van der Waals surface area contributed by atoms with Gasteiger partial charge in [0.25, 0.3) is 0 Å². The van der Waals surface area contributed by atoms with Gasteiger partial charge >= 0.3 is 0 Å². The van der Waals surface area contributed by atoms with Crippen molar-refractivity contribution in [3.8, 4) is 0 Å². The molecule has 2 N–H and O–H groups in total. The average Bonchev–Trinajstić information content (AvgIpc) is 2.50. The topological polar surface area (TPSA) is 50.7 Å². The van der Waals surface area contributed by atoms with E-state index >= 15 is 0 Å². The van der Waals surface area contributed by atoms with Crippen molar-refractivity contribution in [3.63, 3.8) is 0 Å². The molecule has 0 radical (unpaired) electrons. The van der Waals surface area contributed by atoms with Crippen molar-refractivity contribution in [2.24, 2.45) is 15.9 Å². The first-order valence-electron chi connectivity index (χ1n) is 6.44. The molecule has 0 fully saturated rings. The number of rotatable bonds is 4. The van der Waals surface area contributed by atoms with Gasteiger partial charge < -0.3 is 5.73 Å². The van der Waals surface area contributed by atoms with Gasteiger partial charge in [-0.3, -0.25) is 0 Å². The Morgan fingerprint density at radius 3 is 2.71 bits per heavy atom. The predicted octanol–water partition coefficient (Wildman–Crippen LogP) is 4.34. The third-order valence-electron chi connectivity index (χ3n) is 2.77. The van der Waals surface area contributed by atoms with Gasteiger partial charge in [-0.1, -0.05) is 64.1 Å². The molecule has 0 unspecified atom stereocenters. The van der Waals surface area contributed by atoms with E-state index in [4.69, 9.17) is 5.73 Å². The lowest BCUT2D eigenvalue weighted by atomic mass is 10.2. The van der Waals surface area contributed by atoms with E-state index < -0.39 is 0 Å². The highest BCUT2D eigenvalue weighted by molar-refractivity contribution is 9.10. The number of nitrogens with two attached hydrogens (primary N) is 1. The standard InChI is InChI=1S/C16H16BrN3S/c1-12-9-14(7-8-15(12)17)10-19-20-16(18)21-11-13-5-3-2-4-6-13/h2-10H,11H2,1H3,(H2,18,20). The van der Waals surface area contributed by atoms with Crippen LogP contribution in [0.2, 0.25) is 0 Å². The number of nitrogens with zero attached hydrogens (tertiary/aromatic N) is 2. The van der Waals surface area contributed by atoms with Gasteiger partial charge in [0.05, 0.1) is 6.21 Å². The Morgan fingerprint density at radius 1 is 1.24 bits per heavy atom. The van der Waals surface area contributed by atoms with E-state index in [1.807, 2.05) is 43.3 Å². The molecule has 2 rings (SSSR count). The van der Waals surface area contributed by atoms with Gasteiger partial charge in [0, 0.05) is 10.2 Å². The summed E-state index contributed by atoms with van der Waals surface area (Å²) in [7, 11) is 0. The van der Waals surface area contributed by atoms with Crippen LogP contribution in [0.5, 0.6) is 0 Å². The Balaban J connectivity index is 1.90. The Labute approximate surface area is 137 Å². The first-order valence-corrected chi connectivity index (χ1v) is 8.22. The molecule has 0 saturated carbocycles. The van der Waals surface area contributed by atoms with Crippen LogP contribution < -0.4 is 5.73 Å². The van der Waals surface area contributed by atoms with E-state index in [1.54, 1.807) is 6.21 Å². The molecule has 2 aromatic rings. The molecule has 21 heavy (non-hydrogen) atoms. The summed E-state index contributed by atoms with van der Waals surface area (Å²) in [5, 5.41) is 8.49. The molecule has 0 atom stereocenters. The van der Waals surface area contributed by atoms with Gasteiger partial charge in [-0.2, -0.15) is 5.10 Å². The van der Waals surface area contributed by atoms with Crippen LogP contribution in [0.1, 0.15) is 16.7 Å². The van der Waals surface area contributed by atoms with Crippen molar-refractivity contribution in [1.29, 1.82) is 0 Å². The Hall–Kier alpha value is -1.59. The van der Waals surface area contributed by atoms with Gasteiger partial charge in [-0.15, -0.1) is 5.10 Å². The monoisotopic (exact) mass is 361 g/mol. The molecule has 0 aromatic heterocycles. The third kappa shape index (κ3) is 5.36. The normalized spacial score (nSPS) is 12.0. The fraction of sp³-hybridized carbons (Fsp3) is 0.125. The number of aryl methyl sites for hydroxylation is 1. The molecule has 0 aliphatic carbocycles. The summed E-state index contributed by atoms with van der Waals surface area (Å²) >= 11 is 4.94. The molecular formula is C16H16BrN3S. The second kappa shape index (κ2) is 8.00. The van der Waals surface area contributed by atoms with E-state index in [-0.39, 0.29) is 0 Å². The lowest BCUT2D eigenvalue weighted by molar-refractivity contribution is 1.25. The van der Waals surface area contributed by atoms with Crippen LogP contribution in [0, 0.1) is 6.92 Å². The first-order chi connectivity index (χ1) is 10.1. The van der Waals surface area contributed by atoms with E-state index in [2.05, 4.69) is 38.3 Å². The zero-order valence-electron chi connectivity index (χ0n) is 11.7. The van der Waals surface area contributed by atoms with Crippen molar-refractivity contribution < 1.29 is 0 Å². The number of thioether (sulfide) groups is 1. The van der Waals surface area contributed by atoms with Crippen molar-refractivity contribution in [3.05, 3.63) is 69.7 Å². The highest BCUT2D eigenvalue weighted by atomic mass is 79.9. The van der Waals surface area contributed by atoms with E-state index in [0.29, 0.717) is 5.17 Å². The van der Waals surface area contributed by atoms with Crippen LogP contribution in [-0.2, 0) is 5.75 Å². The molecule has 5 heteroatoms. The van der Waals surface area contributed by atoms with Crippen LogP contribution in [-0.4, -0.2) is 11.4 Å². The number of halogens is 1. The molecule has 0 heterocycles. The molecule has 0 saturated heterocycles. The second-order valence-electron chi connectivity index (χ2n) is 4.47. The molecule has 108 valence electrons. The molecular weight excluding hydrogens is 346 g/mol. The average molecular weight is 362 g/mol. The minimum Gasteiger partial charge on any atom is -0.377 e. The molecule has 3 nitrogen and oxygen atoms in total. The van der Waals surface area contributed by atoms with Crippen LogP contribution in [0.15, 0.2) is 63.2 Å². The highest BCUT2D eigenvalue weighted by Gasteiger charge is 1.96. The molecule has 0 aliphatic rings. The number of hydrogen-bond acceptors (Lipinski definition) is 3. The number of benzene rings is 2. The second-order valence-corrected chi connectivity index (χ2v) is 6.32. The van der Waals surface area contributed by atoms with Crippen molar-refractivity contribution in [2.75, 3.05) is 0 Å². The van der Waals surface area contributed by atoms with E-state index in [0.717, 1.165) is 21.4 Å². The largest absolute Gasteiger partial charge is 0.377 e. The summed E-state index contributed by atoms with van der Waals surface area (Å²) < 4.78 is 1.08. The Bertz CT molecular complexity index is 654. The van der Waals surface area contributed by atoms with Gasteiger partial charge in [-0.25, -0.2) is 0 Å². The third-order valence-corrected chi connectivity index (χ3v) is 4.52. The van der Waals surface area contributed by atoms with Crippen molar-refractivity contribution >= 4 is 39.1 Å². The number of hydrogen-bond donors (Lipinski definition) is 1. The summed E-state index contributed by atoms with van der Waals surface area (Å²) in [6.07, 6.45) is 1.70. The lowest BCUT2D eigenvalue weighted by Crippen LogP contribution is -2.05. The van der Waals surface area contributed by atoms with E-state index in [9.17, 15) is 0 Å². The fourth-order valence-corrected chi connectivity index (χ4v) is 2.52. The molecule has 0 bridgehead atoms. The van der Waals surface area contributed by atoms with Gasteiger partial charge in [0.1, 0.15) is 0 Å². The van der Waals surface area contributed by atoms with Gasteiger partial charge in [0.2, 0.25) is 0 Å². The van der Waals surface area contributed by atoms with Gasteiger partial charge in [-0.05, 0) is 35.7 Å². The fourth-order valence-electron chi connectivity index (χ4n) is 1.66. The maximum absolute atomic E-state index is 5.83. The zero-order valence-corrected chi connectivity index (χ0v) is 14.1. The Morgan fingerprint density at radius 2 is 2.00 bits per heavy atom. The van der Waals surface area contributed by atoms with Crippen LogP contribution >= 0.6 is 27.7 Å². The predicted molar refractivity (Wildman–Crippen MR) is 95.8 cm³/mol. The molecule has 2 aromatic carbocycles. The van der Waals surface area contributed by atoms with Crippen molar-refractivity contribution in [1.82, 2.24) is 0 Å². The van der Waals surface area contributed by atoms with Crippen molar-refractivity contribution in [2.45, 2.75) is 12.7 Å². The van der Waals surface area contributed by atoms with Crippen LogP contribution in [0.3, 0.4) is 0 Å². The summed E-state index contributed by atoms with van der Waals surface area (Å²) in [5.74, 6) is 0.795. The summed E-state index contributed by atoms with van der Waals surface area (Å²) in [4.78, 5) is 0. The molecule has 0 amide bonds. The minimum absolute atomic E-state index is 0.462. The molecule has 0 aliphatic heterocycles. The first kappa shape index (κ1) is 15.8. The Kier molecular flexibility index (Phi) is 6.02. The lowest BCUT2D eigenvalue weighted by Gasteiger charge is -2.00. The SMILES string of the molecule is Cc1cc(C=NN=C(N)SCc2ccccc2)ccc1Br. The van der Waals surface area contributed by atoms with E-state index in [1.165, 1.54) is 17.3 Å². The minimum atomic E-state index is 0.462. The maximum Gasteiger partial charge on any atom is 0.180 e. The zero-order chi connectivity index (χ0) is 15.1. The molecule has 0 spiro atoms. The van der Waals surface area contributed by atoms with Crippen LogP contribution in [0.4, 0.5) is 0 Å². The number of amidine groups is 1. The summed E-state index contributed by atoms with van der Waals surface area (Å²) in [6.45, 7) is 2.04. The van der Waals surface area contributed by atoms with Gasteiger partial charge in [0.15, 0.2) is 5.17 Å². The highest BCUT2D eigenvalue weighted by Crippen LogP contribution is 2.16. The summed E-state index contributed by atoms with van der Waals surface area (Å²) in [6, 6.07) is 16.2. The quantitative estimate of drug-likeness (QED) is 0.500. The van der Waals surface area contributed by atoms with Crippen LogP contribution in [0.25, 0.3) is 0 Å². The summed E-state index contributed by atoms with van der Waals surface area (Å²) in [5.41, 5.74) is 9.21.